The number of rotatable bonds is 5. The van der Waals surface area contributed by atoms with Crippen LogP contribution in [0.25, 0.3) is 0 Å². The fraction of sp³-hybridized carbons (Fsp3) is 0.526. The molecule has 0 aliphatic carbocycles. The Morgan fingerprint density at radius 1 is 1.14 bits per heavy atom. The van der Waals surface area contributed by atoms with Crippen molar-refractivity contribution < 1.29 is 4.79 Å². The minimum atomic E-state index is -0.318. The van der Waals surface area contributed by atoms with Crippen molar-refractivity contribution >= 4 is 11.7 Å². The molecular weight excluding hydrogens is 360 g/mol. The first-order valence-corrected chi connectivity index (χ1v) is 9.56. The van der Waals surface area contributed by atoms with Crippen LogP contribution in [0.1, 0.15) is 49.6 Å². The molecule has 1 amide bonds. The number of anilines is 1. The minimum absolute atomic E-state index is 0.0220. The molecule has 1 unspecified atom stereocenters. The summed E-state index contributed by atoms with van der Waals surface area (Å²) in [7, 11) is 1.51. The van der Waals surface area contributed by atoms with Crippen molar-refractivity contribution in [2.45, 2.75) is 45.2 Å². The van der Waals surface area contributed by atoms with Crippen LogP contribution in [0.4, 0.5) is 5.82 Å². The highest BCUT2D eigenvalue weighted by Gasteiger charge is 2.25. The van der Waals surface area contributed by atoms with Crippen LogP contribution < -0.4 is 21.3 Å². The van der Waals surface area contributed by atoms with Crippen molar-refractivity contribution in [2.75, 3.05) is 18.0 Å². The summed E-state index contributed by atoms with van der Waals surface area (Å²) in [6.45, 7) is 5.10. The lowest BCUT2D eigenvalue weighted by Crippen LogP contribution is -2.48. The van der Waals surface area contributed by atoms with Gasteiger partial charge in [0.1, 0.15) is 11.5 Å². The van der Waals surface area contributed by atoms with Crippen LogP contribution in [0.15, 0.2) is 33.9 Å². The lowest BCUT2D eigenvalue weighted by Gasteiger charge is -2.36. The summed E-state index contributed by atoms with van der Waals surface area (Å²) in [5.74, 6) is 0.425. The van der Waals surface area contributed by atoms with Gasteiger partial charge in [0.25, 0.3) is 17.0 Å². The van der Waals surface area contributed by atoms with Crippen molar-refractivity contribution in [2.24, 2.45) is 7.05 Å². The van der Waals surface area contributed by atoms with Crippen molar-refractivity contribution in [3.05, 3.63) is 50.7 Å². The number of hydrogen-bond donors (Lipinski definition) is 1. The summed E-state index contributed by atoms with van der Waals surface area (Å²) >= 11 is 0. The maximum absolute atomic E-state index is 12.4. The monoisotopic (exact) mass is 386 g/mol. The van der Waals surface area contributed by atoms with Crippen LogP contribution in [-0.4, -0.2) is 44.6 Å². The summed E-state index contributed by atoms with van der Waals surface area (Å²) in [4.78, 5) is 38.0. The van der Waals surface area contributed by atoms with Gasteiger partial charge in [0, 0.05) is 38.3 Å². The SMILES string of the molecule is CC(C)n1nc(N2CCCCC2CNC(=O)c2ccc(=O)n(C)n2)ccc1=O. The Morgan fingerprint density at radius 2 is 1.89 bits per heavy atom. The molecule has 3 rings (SSSR count). The fourth-order valence-electron chi connectivity index (χ4n) is 3.38. The van der Waals surface area contributed by atoms with Gasteiger partial charge in [-0.05, 0) is 45.2 Å². The van der Waals surface area contributed by atoms with E-state index in [1.54, 1.807) is 12.1 Å². The van der Waals surface area contributed by atoms with Gasteiger partial charge < -0.3 is 10.2 Å². The van der Waals surface area contributed by atoms with E-state index in [1.165, 1.54) is 23.9 Å². The van der Waals surface area contributed by atoms with Gasteiger partial charge in [0.05, 0.1) is 6.04 Å². The molecule has 9 heteroatoms. The third kappa shape index (κ3) is 4.29. The van der Waals surface area contributed by atoms with Gasteiger partial charge in [-0.25, -0.2) is 9.36 Å². The molecule has 1 fully saturated rings. The molecule has 2 aromatic heterocycles. The summed E-state index contributed by atoms with van der Waals surface area (Å²) in [5, 5.41) is 11.4. The van der Waals surface area contributed by atoms with Crippen molar-refractivity contribution in [1.82, 2.24) is 24.9 Å². The van der Waals surface area contributed by atoms with Gasteiger partial charge in [-0.1, -0.05) is 0 Å². The minimum Gasteiger partial charge on any atom is -0.350 e. The largest absolute Gasteiger partial charge is 0.350 e. The third-order valence-corrected chi connectivity index (χ3v) is 4.91. The lowest BCUT2D eigenvalue weighted by molar-refractivity contribution is 0.0942. The van der Waals surface area contributed by atoms with Crippen LogP contribution in [0, 0.1) is 0 Å². The zero-order valence-corrected chi connectivity index (χ0v) is 16.5. The quantitative estimate of drug-likeness (QED) is 0.812. The molecule has 1 aliphatic rings. The first-order valence-electron chi connectivity index (χ1n) is 9.56. The number of aryl methyl sites for hydroxylation is 1. The number of amides is 1. The molecule has 0 spiro atoms. The maximum atomic E-state index is 12.4. The number of carbonyl (C=O) groups excluding carboxylic acids is 1. The van der Waals surface area contributed by atoms with E-state index in [0.717, 1.165) is 36.3 Å². The molecular formula is C19H26N6O3. The van der Waals surface area contributed by atoms with E-state index < -0.39 is 0 Å². The highest BCUT2D eigenvalue weighted by molar-refractivity contribution is 5.92. The van der Waals surface area contributed by atoms with E-state index in [-0.39, 0.29) is 34.8 Å². The zero-order valence-electron chi connectivity index (χ0n) is 16.5. The Kier molecular flexibility index (Phi) is 5.91. The molecule has 1 saturated heterocycles. The number of nitrogens with zero attached hydrogens (tertiary/aromatic N) is 5. The molecule has 0 saturated carbocycles. The van der Waals surface area contributed by atoms with Gasteiger partial charge in [0.2, 0.25) is 0 Å². The molecule has 150 valence electrons. The second-order valence-corrected chi connectivity index (χ2v) is 7.30. The molecule has 9 nitrogen and oxygen atoms in total. The zero-order chi connectivity index (χ0) is 20.3. The third-order valence-electron chi connectivity index (χ3n) is 4.91. The van der Waals surface area contributed by atoms with Gasteiger partial charge in [-0.2, -0.15) is 10.2 Å². The standard InChI is InChI=1S/C19H26N6O3/c1-13(2)25-18(27)10-8-16(22-25)24-11-5-4-6-14(24)12-20-19(28)15-7-9-17(26)23(3)21-15/h7-10,13-14H,4-6,11-12H2,1-3H3,(H,20,28). The van der Waals surface area contributed by atoms with Gasteiger partial charge >= 0.3 is 0 Å². The van der Waals surface area contributed by atoms with E-state index >= 15 is 0 Å². The summed E-state index contributed by atoms with van der Waals surface area (Å²) in [6.07, 6.45) is 3.03. The Labute approximate surface area is 163 Å². The smallest absolute Gasteiger partial charge is 0.271 e. The number of nitrogens with one attached hydrogen (secondary N) is 1. The Morgan fingerprint density at radius 3 is 2.61 bits per heavy atom. The molecule has 0 aromatic carbocycles. The van der Waals surface area contributed by atoms with E-state index in [0.29, 0.717) is 6.54 Å². The predicted octanol–water partition coefficient (Wildman–Crippen LogP) is 0.707. The second-order valence-electron chi connectivity index (χ2n) is 7.30. The van der Waals surface area contributed by atoms with Crippen LogP contribution in [0.3, 0.4) is 0 Å². The van der Waals surface area contributed by atoms with Crippen LogP contribution >= 0.6 is 0 Å². The molecule has 1 atom stereocenters. The summed E-state index contributed by atoms with van der Waals surface area (Å²) < 4.78 is 2.62. The van der Waals surface area contributed by atoms with E-state index in [1.807, 2.05) is 13.8 Å². The second kappa shape index (κ2) is 8.37. The molecule has 28 heavy (non-hydrogen) atoms. The number of piperidine rings is 1. The molecule has 0 bridgehead atoms. The van der Waals surface area contributed by atoms with Crippen molar-refractivity contribution in [1.29, 1.82) is 0 Å². The van der Waals surface area contributed by atoms with Crippen molar-refractivity contribution in [3.63, 3.8) is 0 Å². The van der Waals surface area contributed by atoms with Crippen LogP contribution in [0.2, 0.25) is 0 Å². The average Bonchev–Trinajstić information content (AvgIpc) is 2.68. The van der Waals surface area contributed by atoms with Gasteiger partial charge in [0.15, 0.2) is 0 Å². The summed E-state index contributed by atoms with van der Waals surface area (Å²) in [5.41, 5.74) is -0.182. The topological polar surface area (TPSA) is 102 Å². The lowest BCUT2D eigenvalue weighted by atomic mass is 10.0. The Hall–Kier alpha value is -2.97. The Bertz CT molecular complexity index is 965. The van der Waals surface area contributed by atoms with E-state index in [4.69, 9.17) is 0 Å². The van der Waals surface area contributed by atoms with E-state index in [2.05, 4.69) is 20.4 Å². The highest BCUT2D eigenvalue weighted by atomic mass is 16.2. The number of hydrogen-bond acceptors (Lipinski definition) is 6. The normalized spacial score (nSPS) is 17.0. The maximum Gasteiger partial charge on any atom is 0.271 e. The number of carbonyl (C=O) groups is 1. The first-order chi connectivity index (χ1) is 13.4. The molecule has 0 radical (unpaired) electrons. The van der Waals surface area contributed by atoms with Crippen LogP contribution in [0.5, 0.6) is 0 Å². The fourth-order valence-corrected chi connectivity index (χ4v) is 3.38. The Balaban J connectivity index is 1.74. The molecule has 3 heterocycles. The molecule has 1 aliphatic heterocycles. The predicted molar refractivity (Wildman–Crippen MR) is 106 cm³/mol. The first kappa shape index (κ1) is 19.8. The molecule has 2 aromatic rings. The molecule has 1 N–H and O–H groups in total. The van der Waals surface area contributed by atoms with Crippen LogP contribution in [-0.2, 0) is 7.05 Å². The van der Waals surface area contributed by atoms with E-state index in [9.17, 15) is 14.4 Å². The highest BCUT2D eigenvalue weighted by Crippen LogP contribution is 2.22. The summed E-state index contributed by atoms with van der Waals surface area (Å²) in [6, 6.07) is 6.10. The average molecular weight is 386 g/mol. The van der Waals surface area contributed by atoms with Gasteiger partial charge in [-0.15, -0.1) is 0 Å². The van der Waals surface area contributed by atoms with Gasteiger partial charge in [-0.3, -0.25) is 14.4 Å². The van der Waals surface area contributed by atoms with Crippen molar-refractivity contribution in [3.8, 4) is 0 Å². The number of aromatic nitrogens is 4.